The summed E-state index contributed by atoms with van der Waals surface area (Å²) in [4.78, 5) is 18.9. The Morgan fingerprint density at radius 1 is 1.23 bits per heavy atom. The summed E-state index contributed by atoms with van der Waals surface area (Å²) in [5.74, 6) is -1.92. The predicted molar refractivity (Wildman–Crippen MR) is 117 cm³/mol. The van der Waals surface area contributed by atoms with Crippen LogP contribution in [-0.4, -0.2) is 50.1 Å². The Bertz CT molecular complexity index is 615. The molecule has 1 saturated heterocycles. The summed E-state index contributed by atoms with van der Waals surface area (Å²) in [6.45, 7) is 4.82. The Morgan fingerprint density at radius 2 is 1.97 bits per heavy atom. The Kier molecular flexibility index (Phi) is 11.1. The lowest BCUT2D eigenvalue weighted by Crippen LogP contribution is -2.44. The van der Waals surface area contributed by atoms with Crippen molar-refractivity contribution in [1.29, 1.82) is 0 Å². The molecule has 1 atom stereocenters. The first kappa shape index (κ1) is 25.9. The van der Waals surface area contributed by atoms with Crippen LogP contribution in [0.4, 0.5) is 8.78 Å². The van der Waals surface area contributed by atoms with Crippen LogP contribution in [0.1, 0.15) is 78.1 Å². The van der Waals surface area contributed by atoms with Crippen molar-refractivity contribution in [1.82, 2.24) is 5.06 Å². The van der Waals surface area contributed by atoms with Crippen LogP contribution in [-0.2, 0) is 19.1 Å². The number of carbonyl (C=O) groups is 1. The molecule has 1 amide bonds. The van der Waals surface area contributed by atoms with E-state index in [2.05, 4.69) is 13.0 Å². The molecule has 5 nitrogen and oxygen atoms in total. The summed E-state index contributed by atoms with van der Waals surface area (Å²) in [6, 6.07) is 0. The largest absolute Gasteiger partial charge is 0.347 e. The van der Waals surface area contributed by atoms with Crippen molar-refractivity contribution >= 4 is 5.91 Å². The third kappa shape index (κ3) is 7.65. The van der Waals surface area contributed by atoms with Crippen LogP contribution in [0, 0.1) is 5.92 Å². The summed E-state index contributed by atoms with van der Waals surface area (Å²) < 4.78 is 38.4. The Hall–Kier alpha value is -1.31. The maximum absolute atomic E-state index is 13.4. The second-order valence-electron chi connectivity index (χ2n) is 8.39. The normalized spacial score (nSPS) is 23.8. The van der Waals surface area contributed by atoms with Crippen molar-refractivity contribution in [2.24, 2.45) is 5.92 Å². The first-order valence-corrected chi connectivity index (χ1v) is 11.8. The van der Waals surface area contributed by atoms with Crippen LogP contribution in [0.15, 0.2) is 23.3 Å². The molecule has 1 heterocycles. The molecule has 0 aromatic carbocycles. The number of hydrogen-bond donors (Lipinski definition) is 0. The number of unbranched alkanes of at least 4 members (excludes halogenated alkanes) is 1. The third-order valence-electron chi connectivity index (χ3n) is 6.19. The molecule has 31 heavy (non-hydrogen) atoms. The van der Waals surface area contributed by atoms with E-state index in [1.807, 2.05) is 13.0 Å². The monoisotopic (exact) mass is 443 g/mol. The highest BCUT2D eigenvalue weighted by Gasteiger charge is 2.45. The van der Waals surface area contributed by atoms with Crippen LogP contribution in [0.2, 0.25) is 0 Å². The molecule has 0 N–H and O–H groups in total. The van der Waals surface area contributed by atoms with E-state index in [0.29, 0.717) is 26.1 Å². The van der Waals surface area contributed by atoms with Gasteiger partial charge in [0, 0.05) is 31.4 Å². The lowest BCUT2D eigenvalue weighted by molar-refractivity contribution is -0.241. The number of alkyl halides is 2. The topological polar surface area (TPSA) is 48.0 Å². The van der Waals surface area contributed by atoms with Gasteiger partial charge >= 0.3 is 0 Å². The van der Waals surface area contributed by atoms with Gasteiger partial charge in [-0.3, -0.25) is 9.63 Å². The number of nitrogens with zero attached hydrogens (tertiary/aromatic N) is 1. The van der Waals surface area contributed by atoms with Gasteiger partial charge in [-0.25, -0.2) is 13.8 Å². The predicted octanol–water partition coefficient (Wildman–Crippen LogP) is 5.81. The highest BCUT2D eigenvalue weighted by atomic mass is 19.3. The van der Waals surface area contributed by atoms with Crippen LogP contribution in [0.3, 0.4) is 0 Å². The first-order chi connectivity index (χ1) is 14.9. The average molecular weight is 444 g/mol. The van der Waals surface area contributed by atoms with E-state index in [9.17, 15) is 13.6 Å². The quantitative estimate of drug-likeness (QED) is 0.299. The van der Waals surface area contributed by atoms with Crippen LogP contribution in [0.5, 0.6) is 0 Å². The molecule has 0 radical (unpaired) electrons. The summed E-state index contributed by atoms with van der Waals surface area (Å²) in [7, 11) is 1.56. The van der Waals surface area contributed by atoms with Crippen LogP contribution >= 0.6 is 0 Å². The van der Waals surface area contributed by atoms with Crippen molar-refractivity contribution in [3.05, 3.63) is 23.3 Å². The molecule has 0 aromatic rings. The van der Waals surface area contributed by atoms with E-state index in [-0.39, 0.29) is 12.5 Å². The number of hydroxylamine groups is 2. The van der Waals surface area contributed by atoms with Gasteiger partial charge in [-0.15, -0.1) is 0 Å². The van der Waals surface area contributed by atoms with Gasteiger partial charge in [0.1, 0.15) is 0 Å². The fraction of sp³-hybridized carbons (Fsp3) is 0.792. The van der Waals surface area contributed by atoms with Crippen molar-refractivity contribution in [2.45, 2.75) is 90.3 Å². The van der Waals surface area contributed by atoms with E-state index in [1.165, 1.54) is 5.06 Å². The molecule has 7 heteroatoms. The smallest absolute Gasteiger partial charge is 0.273 e. The van der Waals surface area contributed by atoms with Gasteiger partial charge in [0.15, 0.2) is 5.79 Å². The van der Waals surface area contributed by atoms with E-state index < -0.39 is 24.6 Å². The number of allylic oxidation sites excluding steroid dienone is 3. The molecule has 2 rings (SSSR count). The minimum absolute atomic E-state index is 0.0547. The van der Waals surface area contributed by atoms with Gasteiger partial charge in [-0.2, -0.15) is 0 Å². The van der Waals surface area contributed by atoms with Gasteiger partial charge in [-0.05, 0) is 44.9 Å². The molecule has 0 bridgehead atoms. The number of hydrogen-bond acceptors (Lipinski definition) is 4. The first-order valence-electron chi connectivity index (χ1n) is 11.8. The number of rotatable bonds is 11. The number of halogens is 2. The molecular formula is C24H39F2NO4. The molecule has 1 aliphatic heterocycles. The second-order valence-corrected chi connectivity index (χ2v) is 8.39. The molecule has 0 spiro atoms. The maximum atomic E-state index is 13.4. The number of ether oxygens (including phenoxy) is 2. The zero-order valence-corrected chi connectivity index (χ0v) is 19.3. The van der Waals surface area contributed by atoms with E-state index in [0.717, 1.165) is 56.1 Å². The van der Waals surface area contributed by atoms with Crippen LogP contribution in [0.25, 0.3) is 0 Å². The van der Waals surface area contributed by atoms with E-state index >= 15 is 0 Å². The molecule has 178 valence electrons. The molecule has 1 fully saturated rings. The lowest BCUT2D eigenvalue weighted by Gasteiger charge is -2.36. The number of likely N-dealkylation sites (N-methyl/N-ethyl adjacent to an activating group) is 1. The van der Waals surface area contributed by atoms with Gasteiger partial charge < -0.3 is 9.47 Å². The van der Waals surface area contributed by atoms with Gasteiger partial charge in [0.2, 0.25) is 6.43 Å². The third-order valence-corrected chi connectivity index (χ3v) is 6.19. The lowest BCUT2D eigenvalue weighted by atomic mass is 9.91. The Morgan fingerprint density at radius 3 is 2.61 bits per heavy atom. The SMILES string of the molecule is CCCCC1(C(CON(C)C(=O)/C2=C(\CC)CCCC/C=C\C2)CC(F)F)OCCO1. The Labute approximate surface area is 185 Å². The van der Waals surface area contributed by atoms with E-state index in [4.69, 9.17) is 14.3 Å². The van der Waals surface area contributed by atoms with E-state index in [1.54, 1.807) is 7.05 Å². The summed E-state index contributed by atoms with van der Waals surface area (Å²) in [5, 5.41) is 1.21. The highest BCUT2D eigenvalue weighted by Crippen LogP contribution is 2.37. The minimum Gasteiger partial charge on any atom is -0.347 e. The van der Waals surface area contributed by atoms with Crippen molar-refractivity contribution < 1.29 is 27.9 Å². The standard InChI is InChI=1S/C24H39F2NO4/c1-4-6-14-24(29-15-16-30-24)20(17-22(25)26)18-31-27(3)23(28)21-13-11-9-7-8-10-12-19(21)5-2/h9,11,20,22H,4-8,10,12-18H2,1-3H3/b11-9-,21-19+. The average Bonchev–Trinajstić information content (AvgIpc) is 3.27. The van der Waals surface area contributed by atoms with Gasteiger partial charge in [-0.1, -0.05) is 38.0 Å². The van der Waals surface area contributed by atoms with Crippen molar-refractivity contribution in [3.8, 4) is 0 Å². The summed E-state index contributed by atoms with van der Waals surface area (Å²) >= 11 is 0. The molecule has 1 aliphatic carbocycles. The summed E-state index contributed by atoms with van der Waals surface area (Å²) in [6.07, 6.45) is 9.03. The Balaban J connectivity index is 2.11. The summed E-state index contributed by atoms with van der Waals surface area (Å²) in [5.41, 5.74) is 1.90. The van der Waals surface area contributed by atoms with Gasteiger partial charge in [0.05, 0.1) is 19.8 Å². The zero-order chi connectivity index (χ0) is 22.7. The fourth-order valence-corrected chi connectivity index (χ4v) is 4.36. The number of amides is 1. The van der Waals surface area contributed by atoms with Gasteiger partial charge in [0.25, 0.3) is 5.91 Å². The van der Waals surface area contributed by atoms with Crippen molar-refractivity contribution in [3.63, 3.8) is 0 Å². The number of carbonyl (C=O) groups excluding carboxylic acids is 1. The zero-order valence-electron chi connectivity index (χ0n) is 19.3. The molecule has 0 saturated carbocycles. The fourth-order valence-electron chi connectivity index (χ4n) is 4.36. The van der Waals surface area contributed by atoms with Crippen LogP contribution < -0.4 is 0 Å². The highest BCUT2D eigenvalue weighted by molar-refractivity contribution is 5.93. The molecule has 0 aromatic heterocycles. The maximum Gasteiger partial charge on any atom is 0.273 e. The molecule has 1 unspecified atom stereocenters. The van der Waals surface area contributed by atoms with Crippen molar-refractivity contribution in [2.75, 3.05) is 26.9 Å². The molecular weight excluding hydrogens is 404 g/mol. The second kappa shape index (κ2) is 13.3. The molecule has 2 aliphatic rings. The minimum atomic E-state index is -2.50.